The summed E-state index contributed by atoms with van der Waals surface area (Å²) < 4.78 is 11.3. The molecule has 2 rings (SSSR count). The second-order valence-corrected chi connectivity index (χ2v) is 5.75. The zero-order chi connectivity index (χ0) is 15.8. The van der Waals surface area contributed by atoms with E-state index in [9.17, 15) is 4.79 Å². The maximum atomic E-state index is 11.8. The van der Waals surface area contributed by atoms with Crippen molar-refractivity contribution in [3.63, 3.8) is 0 Å². The number of carbonyl (C=O) groups excluding carboxylic acids is 1. The van der Waals surface area contributed by atoms with Gasteiger partial charge in [-0.25, -0.2) is 0 Å². The molecule has 1 aliphatic rings. The van der Waals surface area contributed by atoms with Gasteiger partial charge in [0.25, 0.3) is 0 Å². The summed E-state index contributed by atoms with van der Waals surface area (Å²) in [4.78, 5) is 11.8. The highest BCUT2D eigenvalue weighted by molar-refractivity contribution is 5.91. The van der Waals surface area contributed by atoms with E-state index in [2.05, 4.69) is 10.6 Å². The molecule has 5 nitrogen and oxygen atoms in total. The first-order valence-corrected chi connectivity index (χ1v) is 7.94. The third-order valence-electron chi connectivity index (χ3n) is 3.89. The minimum atomic E-state index is 0. The van der Waals surface area contributed by atoms with Crippen LogP contribution in [0.1, 0.15) is 24.8 Å². The third kappa shape index (κ3) is 6.77. The van der Waals surface area contributed by atoms with Crippen molar-refractivity contribution in [2.24, 2.45) is 5.92 Å². The number of rotatable bonds is 7. The third-order valence-corrected chi connectivity index (χ3v) is 3.89. The van der Waals surface area contributed by atoms with E-state index in [1.165, 1.54) is 0 Å². The van der Waals surface area contributed by atoms with Crippen LogP contribution in [0.2, 0.25) is 0 Å². The fourth-order valence-corrected chi connectivity index (χ4v) is 2.42. The average Bonchev–Trinajstić information content (AvgIpc) is 2.54. The predicted molar refractivity (Wildman–Crippen MR) is 94.6 cm³/mol. The number of ether oxygens (including phenoxy) is 2. The molecule has 0 aliphatic carbocycles. The van der Waals surface area contributed by atoms with Crippen molar-refractivity contribution in [3.05, 3.63) is 23.8 Å². The molecule has 23 heavy (non-hydrogen) atoms. The summed E-state index contributed by atoms with van der Waals surface area (Å²) in [5, 5.41) is 5.87. The number of anilines is 1. The highest BCUT2D eigenvalue weighted by Crippen LogP contribution is 2.24. The van der Waals surface area contributed by atoms with Gasteiger partial charge < -0.3 is 20.1 Å². The summed E-state index contributed by atoms with van der Waals surface area (Å²) in [5.74, 6) is 1.41. The molecule has 1 amide bonds. The molecule has 1 heterocycles. The van der Waals surface area contributed by atoms with Gasteiger partial charge in [0.05, 0.1) is 6.61 Å². The molecule has 0 saturated carbocycles. The van der Waals surface area contributed by atoms with Crippen LogP contribution >= 0.6 is 12.4 Å². The zero-order valence-corrected chi connectivity index (χ0v) is 14.7. The maximum Gasteiger partial charge on any atom is 0.225 e. The van der Waals surface area contributed by atoms with E-state index in [4.69, 9.17) is 9.47 Å². The predicted octanol–water partition coefficient (Wildman–Crippen LogP) is 2.77. The first-order valence-electron chi connectivity index (χ1n) is 7.94. The van der Waals surface area contributed by atoms with Crippen molar-refractivity contribution in [3.8, 4) is 5.75 Å². The molecule has 1 aromatic carbocycles. The van der Waals surface area contributed by atoms with Gasteiger partial charge in [0, 0.05) is 37.9 Å². The SMILES string of the molecule is CNCCC(=O)Nc1ccc(C)c(OCC2CCOCC2)c1.Cl. The number of hydrogen-bond donors (Lipinski definition) is 2. The normalized spacial score (nSPS) is 14.9. The summed E-state index contributed by atoms with van der Waals surface area (Å²) >= 11 is 0. The number of aryl methyl sites for hydroxylation is 1. The second-order valence-electron chi connectivity index (χ2n) is 5.75. The van der Waals surface area contributed by atoms with E-state index in [1.54, 1.807) is 0 Å². The Kier molecular flexibility index (Phi) is 8.99. The highest BCUT2D eigenvalue weighted by atomic mass is 35.5. The molecule has 0 atom stereocenters. The first kappa shape index (κ1) is 19.7. The molecule has 0 unspecified atom stereocenters. The lowest BCUT2D eigenvalue weighted by molar-refractivity contribution is -0.116. The molecule has 1 saturated heterocycles. The lowest BCUT2D eigenvalue weighted by Gasteiger charge is -2.22. The number of nitrogens with one attached hydrogen (secondary N) is 2. The molecule has 0 bridgehead atoms. The van der Waals surface area contributed by atoms with Crippen molar-refractivity contribution in [2.45, 2.75) is 26.2 Å². The van der Waals surface area contributed by atoms with Crippen molar-refractivity contribution in [1.82, 2.24) is 5.32 Å². The Hall–Kier alpha value is -1.30. The van der Waals surface area contributed by atoms with Crippen LogP contribution in [-0.4, -0.2) is 39.3 Å². The van der Waals surface area contributed by atoms with Crippen molar-refractivity contribution < 1.29 is 14.3 Å². The molecule has 2 N–H and O–H groups in total. The Morgan fingerprint density at radius 1 is 1.35 bits per heavy atom. The van der Waals surface area contributed by atoms with Gasteiger partial charge in [-0.1, -0.05) is 6.07 Å². The Morgan fingerprint density at radius 2 is 2.09 bits per heavy atom. The topological polar surface area (TPSA) is 59.6 Å². The van der Waals surface area contributed by atoms with E-state index >= 15 is 0 Å². The van der Waals surface area contributed by atoms with Crippen LogP contribution in [0.25, 0.3) is 0 Å². The van der Waals surface area contributed by atoms with Crippen LogP contribution in [-0.2, 0) is 9.53 Å². The smallest absolute Gasteiger partial charge is 0.225 e. The minimum Gasteiger partial charge on any atom is -0.493 e. The minimum absolute atomic E-state index is 0. The number of hydrogen-bond acceptors (Lipinski definition) is 4. The average molecular weight is 343 g/mol. The molecular formula is C17H27ClN2O3. The largest absolute Gasteiger partial charge is 0.493 e. The fourth-order valence-electron chi connectivity index (χ4n) is 2.42. The van der Waals surface area contributed by atoms with Crippen molar-refractivity contribution in [1.29, 1.82) is 0 Å². The monoisotopic (exact) mass is 342 g/mol. The van der Waals surface area contributed by atoms with Gasteiger partial charge in [0.1, 0.15) is 5.75 Å². The molecule has 1 aromatic rings. The van der Waals surface area contributed by atoms with Crippen LogP contribution in [0.5, 0.6) is 5.75 Å². The number of carbonyl (C=O) groups is 1. The molecule has 0 radical (unpaired) electrons. The lowest BCUT2D eigenvalue weighted by Crippen LogP contribution is -2.21. The highest BCUT2D eigenvalue weighted by Gasteiger charge is 2.15. The van der Waals surface area contributed by atoms with Crippen molar-refractivity contribution in [2.75, 3.05) is 38.7 Å². The van der Waals surface area contributed by atoms with Gasteiger partial charge in [-0.15, -0.1) is 12.4 Å². The van der Waals surface area contributed by atoms with Gasteiger partial charge in [-0.3, -0.25) is 4.79 Å². The molecule has 0 aromatic heterocycles. The zero-order valence-electron chi connectivity index (χ0n) is 13.9. The molecule has 6 heteroatoms. The van der Waals surface area contributed by atoms with Crippen LogP contribution in [0, 0.1) is 12.8 Å². The summed E-state index contributed by atoms with van der Waals surface area (Å²) in [6.07, 6.45) is 2.57. The Labute approximate surface area is 144 Å². The Morgan fingerprint density at radius 3 is 2.78 bits per heavy atom. The maximum absolute atomic E-state index is 11.8. The van der Waals surface area contributed by atoms with Gasteiger partial charge in [-0.2, -0.15) is 0 Å². The summed E-state index contributed by atoms with van der Waals surface area (Å²) in [7, 11) is 1.83. The standard InChI is InChI=1S/C17H26N2O3.ClH/c1-13-3-4-15(19-17(20)5-8-18-2)11-16(13)22-12-14-6-9-21-10-7-14;/h3-4,11,14,18H,5-10,12H2,1-2H3,(H,19,20);1H. The summed E-state index contributed by atoms with van der Waals surface area (Å²) in [6, 6.07) is 5.80. The van der Waals surface area contributed by atoms with Crippen LogP contribution in [0.15, 0.2) is 18.2 Å². The van der Waals surface area contributed by atoms with Crippen LogP contribution in [0.4, 0.5) is 5.69 Å². The fraction of sp³-hybridized carbons (Fsp3) is 0.588. The molecule has 1 fully saturated rings. The van der Waals surface area contributed by atoms with E-state index < -0.39 is 0 Å². The number of benzene rings is 1. The first-order chi connectivity index (χ1) is 10.7. The van der Waals surface area contributed by atoms with E-state index in [1.807, 2.05) is 32.2 Å². The second kappa shape index (κ2) is 10.5. The van der Waals surface area contributed by atoms with E-state index in [0.29, 0.717) is 25.5 Å². The van der Waals surface area contributed by atoms with E-state index in [0.717, 1.165) is 43.1 Å². The van der Waals surface area contributed by atoms with Gasteiger partial charge in [0.2, 0.25) is 5.91 Å². The number of halogens is 1. The van der Waals surface area contributed by atoms with Gasteiger partial charge >= 0.3 is 0 Å². The lowest BCUT2D eigenvalue weighted by atomic mass is 10.0. The van der Waals surface area contributed by atoms with Crippen molar-refractivity contribution >= 4 is 24.0 Å². The molecule has 1 aliphatic heterocycles. The Bertz CT molecular complexity index is 491. The van der Waals surface area contributed by atoms with Crippen LogP contribution in [0.3, 0.4) is 0 Å². The molecule has 0 spiro atoms. The number of amides is 1. The van der Waals surface area contributed by atoms with Gasteiger partial charge in [0.15, 0.2) is 0 Å². The van der Waals surface area contributed by atoms with Gasteiger partial charge in [-0.05, 0) is 44.4 Å². The summed E-state index contributed by atoms with van der Waals surface area (Å²) in [6.45, 7) is 5.06. The molecule has 130 valence electrons. The molecular weight excluding hydrogens is 316 g/mol. The quantitative estimate of drug-likeness (QED) is 0.800. The van der Waals surface area contributed by atoms with E-state index in [-0.39, 0.29) is 18.3 Å². The van der Waals surface area contributed by atoms with Crippen LogP contribution < -0.4 is 15.4 Å². The summed E-state index contributed by atoms with van der Waals surface area (Å²) in [5.41, 5.74) is 1.87. The Balaban J connectivity index is 0.00000264.